The Morgan fingerprint density at radius 2 is 1.95 bits per heavy atom. The third-order valence-corrected chi connectivity index (χ3v) is 4.55. The fourth-order valence-electron chi connectivity index (χ4n) is 1.76. The Hall–Kier alpha value is -1.11. The Morgan fingerprint density at radius 3 is 2.58 bits per heavy atom. The largest absolute Gasteiger partial charge is 0.398 e. The van der Waals surface area contributed by atoms with E-state index in [2.05, 4.69) is 9.62 Å². The summed E-state index contributed by atoms with van der Waals surface area (Å²) in [6.45, 7) is 3.12. The summed E-state index contributed by atoms with van der Waals surface area (Å²) in [6, 6.07) is 4.93. The quantitative estimate of drug-likeness (QED) is 0.583. The first-order valence-electron chi connectivity index (χ1n) is 6.34. The van der Waals surface area contributed by atoms with Crippen molar-refractivity contribution < 1.29 is 8.42 Å². The first-order chi connectivity index (χ1) is 8.84. The molecule has 0 radical (unpaired) electrons. The van der Waals surface area contributed by atoms with Gasteiger partial charge in [-0.1, -0.05) is 6.07 Å². The minimum absolute atomic E-state index is 0.264. The highest BCUT2D eigenvalue weighted by Gasteiger charge is 2.16. The number of hydrogen-bond acceptors (Lipinski definition) is 4. The number of benzene rings is 1. The lowest BCUT2D eigenvalue weighted by Crippen LogP contribution is -2.26. The number of nitrogen functional groups attached to an aromatic ring is 1. The van der Waals surface area contributed by atoms with Gasteiger partial charge in [-0.2, -0.15) is 0 Å². The molecule has 108 valence electrons. The molecular formula is C13H23N3O2S. The van der Waals surface area contributed by atoms with Gasteiger partial charge in [0, 0.05) is 12.2 Å². The van der Waals surface area contributed by atoms with Crippen molar-refractivity contribution in [2.24, 2.45) is 0 Å². The van der Waals surface area contributed by atoms with E-state index in [0.29, 0.717) is 17.8 Å². The Kier molecular flexibility index (Phi) is 5.78. The van der Waals surface area contributed by atoms with Crippen LogP contribution in [0.3, 0.4) is 0 Å². The van der Waals surface area contributed by atoms with Gasteiger partial charge in [-0.25, -0.2) is 13.1 Å². The van der Waals surface area contributed by atoms with Crippen molar-refractivity contribution in [1.29, 1.82) is 0 Å². The van der Waals surface area contributed by atoms with E-state index < -0.39 is 10.0 Å². The molecule has 0 saturated carbocycles. The zero-order valence-electron chi connectivity index (χ0n) is 11.8. The number of nitrogens with zero attached hydrogens (tertiary/aromatic N) is 1. The van der Waals surface area contributed by atoms with E-state index in [9.17, 15) is 8.42 Å². The molecule has 0 amide bonds. The third kappa shape index (κ3) is 4.81. The van der Waals surface area contributed by atoms with Crippen LogP contribution in [0.25, 0.3) is 0 Å². The SMILES string of the molecule is Cc1c(N)cccc1S(=O)(=O)NCCCCN(C)C. The zero-order valence-corrected chi connectivity index (χ0v) is 12.6. The minimum Gasteiger partial charge on any atom is -0.398 e. The summed E-state index contributed by atoms with van der Waals surface area (Å²) < 4.78 is 26.9. The average molecular weight is 285 g/mol. The van der Waals surface area contributed by atoms with E-state index in [4.69, 9.17) is 5.73 Å². The van der Waals surface area contributed by atoms with Gasteiger partial charge in [-0.3, -0.25) is 0 Å². The lowest BCUT2D eigenvalue weighted by Gasteiger charge is -2.12. The predicted octanol–water partition coefficient (Wildman–Crippen LogP) is 1.20. The molecule has 6 heteroatoms. The highest BCUT2D eigenvalue weighted by Crippen LogP contribution is 2.20. The monoisotopic (exact) mass is 285 g/mol. The maximum Gasteiger partial charge on any atom is 0.240 e. The van der Waals surface area contributed by atoms with Crippen LogP contribution in [0.2, 0.25) is 0 Å². The van der Waals surface area contributed by atoms with Crippen molar-refractivity contribution >= 4 is 15.7 Å². The van der Waals surface area contributed by atoms with Crippen LogP contribution in [-0.2, 0) is 10.0 Å². The van der Waals surface area contributed by atoms with E-state index in [1.54, 1.807) is 25.1 Å². The molecule has 1 rings (SSSR count). The second-order valence-corrected chi connectivity index (χ2v) is 6.61. The Morgan fingerprint density at radius 1 is 1.26 bits per heavy atom. The molecule has 1 aromatic rings. The van der Waals surface area contributed by atoms with E-state index in [1.807, 2.05) is 14.1 Å². The highest BCUT2D eigenvalue weighted by atomic mass is 32.2. The molecule has 0 heterocycles. The third-order valence-electron chi connectivity index (χ3n) is 2.94. The van der Waals surface area contributed by atoms with Gasteiger partial charge >= 0.3 is 0 Å². The van der Waals surface area contributed by atoms with Gasteiger partial charge in [-0.15, -0.1) is 0 Å². The molecule has 0 fully saturated rings. The van der Waals surface area contributed by atoms with E-state index in [1.165, 1.54) is 0 Å². The van der Waals surface area contributed by atoms with Crippen LogP contribution in [0.5, 0.6) is 0 Å². The topological polar surface area (TPSA) is 75.4 Å². The van der Waals surface area contributed by atoms with Crippen molar-refractivity contribution in [3.05, 3.63) is 23.8 Å². The summed E-state index contributed by atoms with van der Waals surface area (Å²) in [5.41, 5.74) is 6.83. The number of sulfonamides is 1. The molecule has 0 aromatic heterocycles. The van der Waals surface area contributed by atoms with E-state index in [0.717, 1.165) is 19.4 Å². The number of rotatable bonds is 7. The van der Waals surface area contributed by atoms with Crippen molar-refractivity contribution in [2.75, 3.05) is 32.9 Å². The number of nitrogens with one attached hydrogen (secondary N) is 1. The van der Waals surface area contributed by atoms with Crippen LogP contribution >= 0.6 is 0 Å². The Balaban J connectivity index is 2.59. The second-order valence-electron chi connectivity index (χ2n) is 4.88. The van der Waals surface area contributed by atoms with Gasteiger partial charge in [-0.05, 0) is 58.1 Å². The van der Waals surface area contributed by atoms with Gasteiger partial charge in [0.05, 0.1) is 4.90 Å². The van der Waals surface area contributed by atoms with Gasteiger partial charge in [0.2, 0.25) is 10.0 Å². The van der Waals surface area contributed by atoms with Crippen molar-refractivity contribution in [1.82, 2.24) is 9.62 Å². The normalized spacial score (nSPS) is 12.0. The fourth-order valence-corrected chi connectivity index (χ4v) is 3.11. The van der Waals surface area contributed by atoms with Crippen LogP contribution in [0.4, 0.5) is 5.69 Å². The van der Waals surface area contributed by atoms with Crippen LogP contribution in [0.1, 0.15) is 18.4 Å². The predicted molar refractivity (Wildman–Crippen MR) is 78.6 cm³/mol. The molecule has 0 bridgehead atoms. The Bertz CT molecular complexity index is 513. The van der Waals surface area contributed by atoms with Crippen LogP contribution in [0.15, 0.2) is 23.1 Å². The highest BCUT2D eigenvalue weighted by molar-refractivity contribution is 7.89. The molecule has 5 nitrogen and oxygen atoms in total. The lowest BCUT2D eigenvalue weighted by molar-refractivity contribution is 0.394. The van der Waals surface area contributed by atoms with Crippen LogP contribution < -0.4 is 10.5 Å². The molecule has 0 aliphatic carbocycles. The van der Waals surface area contributed by atoms with Crippen LogP contribution in [0, 0.1) is 6.92 Å². The molecule has 0 unspecified atom stereocenters. The number of unbranched alkanes of at least 4 members (excludes halogenated alkanes) is 1. The fraction of sp³-hybridized carbons (Fsp3) is 0.538. The molecule has 0 aliphatic rings. The van der Waals surface area contributed by atoms with Gasteiger partial charge in [0.1, 0.15) is 0 Å². The minimum atomic E-state index is -3.46. The smallest absolute Gasteiger partial charge is 0.240 e. The summed E-state index contributed by atoms with van der Waals surface area (Å²) in [5, 5.41) is 0. The van der Waals surface area contributed by atoms with Gasteiger partial charge < -0.3 is 10.6 Å². The summed E-state index contributed by atoms with van der Waals surface area (Å²) >= 11 is 0. The van der Waals surface area contributed by atoms with E-state index in [-0.39, 0.29) is 4.90 Å². The standard InChI is InChI=1S/C13H23N3O2S/c1-11-12(14)7-6-8-13(11)19(17,18)15-9-4-5-10-16(2)3/h6-8,15H,4-5,9-10,14H2,1-3H3. The molecule has 0 spiro atoms. The molecule has 19 heavy (non-hydrogen) atoms. The summed E-state index contributed by atoms with van der Waals surface area (Å²) in [5.74, 6) is 0. The average Bonchev–Trinajstić information content (AvgIpc) is 2.31. The van der Waals surface area contributed by atoms with Crippen molar-refractivity contribution in [2.45, 2.75) is 24.7 Å². The second kappa shape index (κ2) is 6.88. The summed E-state index contributed by atoms with van der Waals surface area (Å²) in [4.78, 5) is 2.34. The first kappa shape index (κ1) is 15.9. The lowest BCUT2D eigenvalue weighted by atomic mass is 10.2. The molecule has 0 aliphatic heterocycles. The first-order valence-corrected chi connectivity index (χ1v) is 7.82. The van der Waals surface area contributed by atoms with Crippen LogP contribution in [-0.4, -0.2) is 40.5 Å². The maximum absolute atomic E-state index is 12.1. The maximum atomic E-state index is 12.1. The van der Waals surface area contributed by atoms with Gasteiger partial charge in [0.25, 0.3) is 0 Å². The zero-order chi connectivity index (χ0) is 14.5. The number of hydrogen-bond donors (Lipinski definition) is 2. The number of anilines is 1. The number of nitrogens with two attached hydrogens (primary N) is 1. The summed E-state index contributed by atoms with van der Waals surface area (Å²) in [7, 11) is 0.543. The molecule has 3 N–H and O–H groups in total. The summed E-state index contributed by atoms with van der Waals surface area (Å²) in [6.07, 6.45) is 1.78. The Labute approximate surface area is 115 Å². The molecular weight excluding hydrogens is 262 g/mol. The van der Waals surface area contributed by atoms with E-state index >= 15 is 0 Å². The molecule has 0 atom stereocenters. The molecule has 1 aromatic carbocycles. The molecule has 0 saturated heterocycles. The van der Waals surface area contributed by atoms with Gasteiger partial charge in [0.15, 0.2) is 0 Å². The van der Waals surface area contributed by atoms with Crippen molar-refractivity contribution in [3.8, 4) is 0 Å². The van der Waals surface area contributed by atoms with Crippen molar-refractivity contribution in [3.63, 3.8) is 0 Å².